The first kappa shape index (κ1) is 46.9. The van der Waals surface area contributed by atoms with Gasteiger partial charge < -0.3 is 58.3 Å². The summed E-state index contributed by atoms with van der Waals surface area (Å²) in [6.07, 6.45) is -5.00. The average Bonchev–Trinajstić information content (AvgIpc) is 3.69. The topological polar surface area (TPSA) is 241 Å². The van der Waals surface area contributed by atoms with E-state index in [1.807, 2.05) is 32.8 Å². The number of likely N-dealkylation sites (N-methyl/N-ethyl adjacent to an activating group) is 1. The molecule has 332 valence electrons. The third kappa shape index (κ3) is 10.6. The largest absolute Gasteiger partial charge is 0.480 e. The first-order valence-corrected chi connectivity index (χ1v) is 20.5. The van der Waals surface area contributed by atoms with E-state index in [9.17, 15) is 25.2 Å². The van der Waals surface area contributed by atoms with Crippen LogP contribution in [0.4, 0.5) is 0 Å². The van der Waals surface area contributed by atoms with Gasteiger partial charge in [-0.25, -0.2) is 4.98 Å². The molecule has 0 spiro atoms. The minimum absolute atomic E-state index is 0.0333. The lowest BCUT2D eigenvalue weighted by Crippen LogP contribution is -2.59. The summed E-state index contributed by atoms with van der Waals surface area (Å²) in [4.78, 5) is 40.2. The molecule has 4 N–H and O–H groups in total. The van der Waals surface area contributed by atoms with Crippen LogP contribution in [0.2, 0.25) is 0 Å². The van der Waals surface area contributed by atoms with Crippen LogP contribution in [-0.2, 0) is 49.5 Å². The van der Waals surface area contributed by atoms with Crippen molar-refractivity contribution in [3.8, 4) is 11.4 Å². The first-order valence-electron chi connectivity index (χ1n) is 20.5. The maximum absolute atomic E-state index is 14.4. The summed E-state index contributed by atoms with van der Waals surface area (Å²) in [7, 11) is 5.11. The summed E-state index contributed by atoms with van der Waals surface area (Å²) < 4.78 is 42.4. The number of aromatic nitrogens is 2. The van der Waals surface area contributed by atoms with E-state index in [-0.39, 0.29) is 68.6 Å². The summed E-state index contributed by atoms with van der Waals surface area (Å²) in [5, 5.41) is 49.3. The molecule has 0 aromatic carbocycles. The van der Waals surface area contributed by atoms with Gasteiger partial charge in [-0.3, -0.25) is 15.0 Å². The number of rotatable bonds is 9. The Bertz CT molecular complexity index is 1870. The Balaban J connectivity index is 1.53. The highest BCUT2D eigenvalue weighted by Crippen LogP contribution is 2.39. The van der Waals surface area contributed by atoms with E-state index < -0.39 is 71.4 Å². The third-order valence-electron chi connectivity index (χ3n) is 11.9. The number of ether oxygens (including phenoxy) is 6. The summed E-state index contributed by atoms with van der Waals surface area (Å²) in [6.45, 7) is 11.3. The van der Waals surface area contributed by atoms with Crippen molar-refractivity contribution < 1.29 is 57.6 Å². The molecule has 18 nitrogen and oxygen atoms in total. The minimum atomic E-state index is -1.80. The van der Waals surface area contributed by atoms with E-state index in [0.717, 1.165) is 0 Å². The second kappa shape index (κ2) is 19.7. The van der Waals surface area contributed by atoms with Crippen molar-refractivity contribution in [3.05, 3.63) is 35.7 Å². The second-order valence-electron chi connectivity index (χ2n) is 16.9. The molecule has 5 heterocycles. The number of cyclic esters (lactones) is 1. The highest BCUT2D eigenvalue weighted by Gasteiger charge is 2.51. The number of pyridine rings is 1. The highest BCUT2D eigenvalue weighted by atomic mass is 16.7. The van der Waals surface area contributed by atoms with Crippen LogP contribution in [0.15, 0.2) is 33.9 Å². The van der Waals surface area contributed by atoms with Gasteiger partial charge in [-0.05, 0) is 79.1 Å². The summed E-state index contributed by atoms with van der Waals surface area (Å²) in [5.41, 5.74) is -1.53. The molecule has 18 heteroatoms. The third-order valence-corrected chi connectivity index (χ3v) is 11.9. The molecule has 3 saturated heterocycles. The van der Waals surface area contributed by atoms with Crippen molar-refractivity contribution in [2.24, 2.45) is 22.9 Å². The zero-order valence-electron chi connectivity index (χ0n) is 36.3. The molecule has 60 heavy (non-hydrogen) atoms. The van der Waals surface area contributed by atoms with E-state index in [0.29, 0.717) is 29.3 Å². The predicted molar refractivity (Wildman–Crippen MR) is 217 cm³/mol. The van der Waals surface area contributed by atoms with E-state index in [1.54, 1.807) is 45.0 Å². The summed E-state index contributed by atoms with van der Waals surface area (Å²) in [6, 6.07) is 6.39. The molecule has 0 amide bonds. The van der Waals surface area contributed by atoms with Crippen molar-refractivity contribution >= 4 is 29.1 Å². The van der Waals surface area contributed by atoms with Gasteiger partial charge in [0.15, 0.2) is 24.4 Å². The number of methoxy groups -OCH3 is 1. The fourth-order valence-electron chi connectivity index (χ4n) is 8.18. The van der Waals surface area contributed by atoms with Gasteiger partial charge in [-0.2, -0.15) is 0 Å². The van der Waals surface area contributed by atoms with Gasteiger partial charge in [0.25, 0.3) is 0 Å². The zero-order valence-corrected chi connectivity index (χ0v) is 36.3. The van der Waals surface area contributed by atoms with Gasteiger partial charge in [0.05, 0.1) is 49.9 Å². The number of carbonyl (C=O) groups is 2. The molecular weight excluding hydrogens is 780 g/mol. The number of aliphatic hydroxyl groups excluding tert-OH is 1. The van der Waals surface area contributed by atoms with E-state index in [4.69, 9.17) is 43.2 Å². The van der Waals surface area contributed by atoms with Crippen molar-refractivity contribution in [1.29, 1.82) is 10.8 Å². The molecule has 5 rings (SSSR count). The van der Waals surface area contributed by atoms with E-state index >= 15 is 0 Å². The van der Waals surface area contributed by atoms with Gasteiger partial charge in [0.2, 0.25) is 5.90 Å². The lowest BCUT2D eigenvalue weighted by molar-refractivity contribution is -0.296. The Morgan fingerprint density at radius 1 is 1.12 bits per heavy atom. The van der Waals surface area contributed by atoms with E-state index in [2.05, 4.69) is 15.3 Å². The van der Waals surface area contributed by atoms with Crippen molar-refractivity contribution in [2.75, 3.05) is 34.4 Å². The smallest absolute Gasteiger partial charge is 0.316 e. The number of fused-ring (bicyclic) bond motifs is 5. The molecular formula is C42H62N6O12. The summed E-state index contributed by atoms with van der Waals surface area (Å²) in [5.74, 6) is -3.87. The average molecular weight is 843 g/mol. The highest BCUT2D eigenvalue weighted by molar-refractivity contribution is 6.00. The number of nitrogens with one attached hydrogen (secondary N) is 2. The number of carbonyl (C=O) groups excluding carboxylic acids is 2. The first-order chi connectivity index (χ1) is 28.3. The number of ketones is 1. The predicted octanol–water partition coefficient (Wildman–Crippen LogP) is 3.93. The molecule has 2 aromatic heterocycles. The van der Waals surface area contributed by atoms with Crippen LogP contribution in [0.5, 0.6) is 0 Å². The molecule has 3 aliphatic heterocycles. The lowest BCUT2D eigenvalue weighted by Gasteiger charge is -2.47. The van der Waals surface area contributed by atoms with E-state index in [1.165, 1.54) is 21.0 Å². The van der Waals surface area contributed by atoms with Gasteiger partial charge >= 0.3 is 5.97 Å². The van der Waals surface area contributed by atoms with Crippen LogP contribution in [0.1, 0.15) is 85.6 Å². The molecule has 0 aliphatic carbocycles. The quantitative estimate of drug-likeness (QED) is 0.0920. The van der Waals surface area contributed by atoms with Crippen molar-refractivity contribution in [2.45, 2.75) is 135 Å². The van der Waals surface area contributed by atoms with Crippen molar-refractivity contribution in [3.63, 3.8) is 0 Å². The van der Waals surface area contributed by atoms with Crippen LogP contribution in [0.3, 0.4) is 0 Å². The Morgan fingerprint density at radius 2 is 1.85 bits per heavy atom. The molecule has 0 unspecified atom stereocenters. The number of esters is 1. The molecule has 2 bridgehead atoms. The number of Topliss-reactive ketones (excluding diaryl/α,β-unsaturated/α-hetero) is 1. The lowest BCUT2D eigenvalue weighted by atomic mass is 9.76. The maximum Gasteiger partial charge on any atom is 0.316 e. The van der Waals surface area contributed by atoms with Crippen LogP contribution < -0.4 is 0 Å². The fourth-order valence-corrected chi connectivity index (χ4v) is 8.18. The van der Waals surface area contributed by atoms with Crippen LogP contribution >= 0.6 is 0 Å². The van der Waals surface area contributed by atoms with Gasteiger partial charge in [-0.15, -0.1) is 0 Å². The molecule has 12 atom stereocenters. The number of oxime groups is 1. The monoisotopic (exact) mass is 842 g/mol. The maximum atomic E-state index is 14.4. The SMILES string of the molecule is CC[C@@H]1OC(=O)[C@H](C)C(=O)[C@H](C)[C@@H](O[C@@H]2O[C@H](C)C[C@H](N(C)C)[C@H]2O)[C@@]2(C)C[C@@H](C)C(=N)C[C@H](OC/C(=N/OCc3cc(-c4cccc(C(=N)OC)n4)no3)CO2)[C@]1(C)O. The molecule has 3 aliphatic rings. The molecule has 0 radical (unpaired) electrons. The van der Waals surface area contributed by atoms with Crippen LogP contribution in [0.25, 0.3) is 11.4 Å². The normalized spacial score (nSPS) is 35.6. The molecule has 2 aromatic rings. The second-order valence-corrected chi connectivity index (χ2v) is 16.9. The van der Waals surface area contributed by atoms with Gasteiger partial charge in [0.1, 0.15) is 40.8 Å². The minimum Gasteiger partial charge on any atom is -0.480 e. The Labute approximate surface area is 351 Å². The van der Waals surface area contributed by atoms with Crippen molar-refractivity contribution in [1.82, 2.24) is 15.0 Å². The number of aliphatic hydroxyl groups is 2. The molecule has 0 saturated carbocycles. The Hall–Kier alpha value is -4.17. The standard InChI is InChI=1S/C42H62N6O12/c1-11-33-42(7,52)34-17-28(43)22(2)18-41(6,37(24(4)35(49)25(5)39(51)58-33)59-40-36(50)32(48(8)9)15-23(3)57-40)55-20-26(19-54-34)46-56-21-27-16-31(47-60-27)29-13-12-14-30(45-29)38(44)53-10/h12-14,16,22-25,32-34,36-37,40,43-44,50,52H,11,15,17-21H2,1-10H3/b43-28?,44-38?,46-26-/t22-,23-,24+,25-,32+,33+,34+,36-,37-,40+,41-,42-/m1/s1. The Morgan fingerprint density at radius 3 is 2.53 bits per heavy atom. The number of hydrogen-bond acceptors (Lipinski definition) is 18. The molecule has 3 fully saturated rings. The van der Waals surface area contributed by atoms with Gasteiger partial charge in [-0.1, -0.05) is 37.1 Å². The Kier molecular flexibility index (Phi) is 15.4. The summed E-state index contributed by atoms with van der Waals surface area (Å²) >= 11 is 0. The fraction of sp³-hybridized carbons (Fsp3) is 0.690. The number of hydrogen-bond donors (Lipinski definition) is 4. The zero-order chi connectivity index (χ0) is 44.1. The van der Waals surface area contributed by atoms with Crippen LogP contribution in [0, 0.1) is 28.6 Å². The van der Waals surface area contributed by atoms with Gasteiger partial charge in [0, 0.05) is 30.2 Å². The number of nitrogens with zero attached hydrogens (tertiary/aromatic N) is 4. The van der Waals surface area contributed by atoms with Crippen LogP contribution in [-0.4, -0.2) is 143 Å².